The van der Waals surface area contributed by atoms with E-state index in [9.17, 15) is 14.4 Å². The summed E-state index contributed by atoms with van der Waals surface area (Å²) in [5.74, 6) is -0.783. The van der Waals surface area contributed by atoms with Crippen molar-refractivity contribution >= 4 is 28.5 Å². The van der Waals surface area contributed by atoms with Crippen molar-refractivity contribution < 1.29 is 14.3 Å². The van der Waals surface area contributed by atoms with Gasteiger partial charge in [-0.05, 0) is 49.4 Å². The van der Waals surface area contributed by atoms with Crippen molar-refractivity contribution in [2.45, 2.75) is 6.92 Å². The van der Waals surface area contributed by atoms with E-state index in [0.717, 1.165) is 5.69 Å². The molecule has 1 aromatic heterocycles. The van der Waals surface area contributed by atoms with Crippen molar-refractivity contribution in [3.63, 3.8) is 0 Å². The predicted octanol–water partition coefficient (Wildman–Crippen LogP) is 2.88. The van der Waals surface area contributed by atoms with Crippen LogP contribution in [0.1, 0.15) is 26.4 Å². The van der Waals surface area contributed by atoms with Crippen molar-refractivity contribution in [1.82, 2.24) is 4.98 Å². The number of amides is 1. The van der Waals surface area contributed by atoms with Gasteiger partial charge in [0, 0.05) is 33.9 Å². The number of fused-ring (bicyclic) bond motifs is 1. The number of pyridine rings is 1. The van der Waals surface area contributed by atoms with Crippen LogP contribution < -0.4 is 10.7 Å². The lowest BCUT2D eigenvalue weighted by Gasteiger charge is -2.07. The topological polar surface area (TPSA) is 88.3 Å². The van der Waals surface area contributed by atoms with Gasteiger partial charge >= 0.3 is 5.97 Å². The Bertz CT molecular complexity index is 1020. The van der Waals surface area contributed by atoms with E-state index in [4.69, 9.17) is 0 Å². The maximum absolute atomic E-state index is 12.4. The quantitative estimate of drug-likeness (QED) is 0.720. The number of esters is 1. The number of aromatic nitrogens is 1. The largest absolute Gasteiger partial charge is 0.465 e. The van der Waals surface area contributed by atoms with Crippen LogP contribution in [0, 0.1) is 6.92 Å². The lowest BCUT2D eigenvalue weighted by atomic mass is 10.1. The molecule has 3 aromatic rings. The third-order valence-corrected chi connectivity index (χ3v) is 3.79. The fourth-order valence-corrected chi connectivity index (χ4v) is 2.53. The summed E-state index contributed by atoms with van der Waals surface area (Å²) in [7, 11) is 1.31. The van der Waals surface area contributed by atoms with Crippen LogP contribution in [-0.4, -0.2) is 24.0 Å². The molecule has 126 valence electrons. The number of aryl methyl sites for hydroxylation is 1. The molecule has 2 aromatic carbocycles. The van der Waals surface area contributed by atoms with E-state index >= 15 is 0 Å². The number of ether oxygens (including phenoxy) is 1. The summed E-state index contributed by atoms with van der Waals surface area (Å²) in [5, 5.41) is 3.19. The average molecular weight is 336 g/mol. The Morgan fingerprint density at radius 1 is 1.00 bits per heavy atom. The second kappa shape index (κ2) is 6.60. The van der Waals surface area contributed by atoms with Crippen molar-refractivity contribution in [1.29, 1.82) is 0 Å². The third-order valence-electron chi connectivity index (χ3n) is 3.79. The molecule has 0 fully saturated rings. The van der Waals surface area contributed by atoms with Gasteiger partial charge in [0.25, 0.3) is 5.91 Å². The van der Waals surface area contributed by atoms with Gasteiger partial charge in [-0.25, -0.2) is 4.79 Å². The summed E-state index contributed by atoms with van der Waals surface area (Å²) in [5.41, 5.74) is 2.62. The summed E-state index contributed by atoms with van der Waals surface area (Å²) < 4.78 is 4.63. The minimum atomic E-state index is -0.443. The molecule has 0 unspecified atom stereocenters. The predicted molar refractivity (Wildman–Crippen MR) is 95.0 cm³/mol. The minimum absolute atomic E-state index is 0.136. The molecule has 6 nitrogen and oxygen atoms in total. The number of H-pyrrole nitrogens is 1. The Labute approximate surface area is 143 Å². The van der Waals surface area contributed by atoms with Gasteiger partial charge in [0.1, 0.15) is 0 Å². The Morgan fingerprint density at radius 3 is 2.36 bits per heavy atom. The average Bonchev–Trinajstić information content (AvgIpc) is 2.61. The molecule has 0 spiro atoms. The van der Waals surface area contributed by atoms with Crippen LogP contribution in [0.25, 0.3) is 10.9 Å². The SMILES string of the molecule is COC(=O)c1ccc(NC(=O)c2ccc3[nH]c(C)cc(=O)c3c2)cc1. The van der Waals surface area contributed by atoms with Gasteiger partial charge in [-0.3, -0.25) is 9.59 Å². The molecule has 6 heteroatoms. The molecule has 0 aliphatic rings. The molecule has 0 radical (unpaired) electrons. The number of carbonyl (C=O) groups excluding carboxylic acids is 2. The zero-order valence-electron chi connectivity index (χ0n) is 13.8. The number of nitrogens with one attached hydrogen (secondary N) is 2. The molecular formula is C19H16N2O4. The molecule has 0 atom stereocenters. The number of benzene rings is 2. The first-order chi connectivity index (χ1) is 12.0. The van der Waals surface area contributed by atoms with Crippen molar-refractivity contribution in [3.8, 4) is 0 Å². The van der Waals surface area contributed by atoms with Crippen LogP contribution in [0.2, 0.25) is 0 Å². The molecule has 1 amide bonds. The van der Waals surface area contributed by atoms with Gasteiger partial charge in [-0.1, -0.05) is 0 Å². The minimum Gasteiger partial charge on any atom is -0.465 e. The van der Waals surface area contributed by atoms with Crippen LogP contribution in [0.3, 0.4) is 0 Å². The second-order valence-electron chi connectivity index (χ2n) is 5.60. The Kier molecular flexibility index (Phi) is 4.35. The molecule has 2 N–H and O–H groups in total. The van der Waals surface area contributed by atoms with Crippen molar-refractivity contribution in [3.05, 3.63) is 75.6 Å². The number of carbonyl (C=O) groups is 2. The van der Waals surface area contributed by atoms with Crippen LogP contribution in [0.5, 0.6) is 0 Å². The lowest BCUT2D eigenvalue weighted by Crippen LogP contribution is -2.13. The first-order valence-electron chi connectivity index (χ1n) is 7.61. The van der Waals surface area contributed by atoms with Crippen LogP contribution in [0.4, 0.5) is 5.69 Å². The van der Waals surface area contributed by atoms with Crippen LogP contribution in [0.15, 0.2) is 53.3 Å². The fourth-order valence-electron chi connectivity index (χ4n) is 2.53. The first-order valence-corrected chi connectivity index (χ1v) is 7.61. The van der Waals surface area contributed by atoms with E-state index in [1.165, 1.54) is 13.2 Å². The number of methoxy groups -OCH3 is 1. The maximum atomic E-state index is 12.4. The van der Waals surface area contributed by atoms with Gasteiger partial charge in [-0.2, -0.15) is 0 Å². The van der Waals surface area contributed by atoms with Gasteiger partial charge in [0.2, 0.25) is 0 Å². The highest BCUT2D eigenvalue weighted by Crippen LogP contribution is 2.15. The van der Waals surface area contributed by atoms with E-state index < -0.39 is 5.97 Å². The van der Waals surface area contributed by atoms with E-state index in [2.05, 4.69) is 15.0 Å². The highest BCUT2D eigenvalue weighted by molar-refractivity contribution is 6.06. The van der Waals surface area contributed by atoms with Gasteiger partial charge in [-0.15, -0.1) is 0 Å². The Balaban J connectivity index is 1.85. The molecule has 0 bridgehead atoms. The molecule has 3 rings (SSSR count). The Morgan fingerprint density at radius 2 is 1.68 bits per heavy atom. The van der Waals surface area contributed by atoms with Crippen molar-refractivity contribution in [2.75, 3.05) is 12.4 Å². The summed E-state index contributed by atoms with van der Waals surface area (Å²) in [6, 6.07) is 12.8. The first kappa shape index (κ1) is 16.4. The van der Waals surface area contributed by atoms with Gasteiger partial charge in [0.05, 0.1) is 12.7 Å². The monoisotopic (exact) mass is 336 g/mol. The molecular weight excluding hydrogens is 320 g/mol. The summed E-state index contributed by atoms with van der Waals surface area (Å²) >= 11 is 0. The summed E-state index contributed by atoms with van der Waals surface area (Å²) in [6.07, 6.45) is 0. The molecule has 1 heterocycles. The summed E-state index contributed by atoms with van der Waals surface area (Å²) in [4.78, 5) is 39.0. The summed E-state index contributed by atoms with van der Waals surface area (Å²) in [6.45, 7) is 1.81. The molecule has 0 saturated carbocycles. The smallest absolute Gasteiger partial charge is 0.337 e. The van der Waals surface area contributed by atoms with E-state index in [-0.39, 0.29) is 11.3 Å². The maximum Gasteiger partial charge on any atom is 0.337 e. The number of hydrogen-bond acceptors (Lipinski definition) is 4. The number of hydrogen-bond donors (Lipinski definition) is 2. The fraction of sp³-hybridized carbons (Fsp3) is 0.105. The molecule has 0 aliphatic carbocycles. The lowest BCUT2D eigenvalue weighted by molar-refractivity contribution is 0.0600. The number of rotatable bonds is 3. The molecule has 0 saturated heterocycles. The van der Waals surface area contributed by atoms with Crippen molar-refractivity contribution in [2.24, 2.45) is 0 Å². The highest BCUT2D eigenvalue weighted by Gasteiger charge is 2.10. The van der Waals surface area contributed by atoms with Gasteiger partial charge in [0.15, 0.2) is 5.43 Å². The number of anilines is 1. The zero-order valence-corrected chi connectivity index (χ0v) is 13.8. The Hall–Kier alpha value is -3.41. The standard InChI is InChI=1S/C19H16N2O4/c1-11-9-17(22)15-10-13(5-8-16(15)20-11)18(23)21-14-6-3-12(4-7-14)19(24)25-2/h3-10H,1-2H3,(H,20,22)(H,21,23). The normalized spacial score (nSPS) is 10.5. The van der Waals surface area contributed by atoms with E-state index in [0.29, 0.717) is 27.7 Å². The second-order valence-corrected chi connectivity index (χ2v) is 5.60. The van der Waals surface area contributed by atoms with E-state index in [1.807, 2.05) is 0 Å². The zero-order chi connectivity index (χ0) is 18.0. The third kappa shape index (κ3) is 3.42. The van der Waals surface area contributed by atoms with E-state index in [1.54, 1.807) is 49.4 Å². The van der Waals surface area contributed by atoms with Crippen LogP contribution in [-0.2, 0) is 4.74 Å². The number of aromatic amines is 1. The molecule has 25 heavy (non-hydrogen) atoms. The molecule has 0 aliphatic heterocycles. The highest BCUT2D eigenvalue weighted by atomic mass is 16.5. The van der Waals surface area contributed by atoms with Gasteiger partial charge < -0.3 is 15.0 Å². The van der Waals surface area contributed by atoms with Crippen LogP contribution >= 0.6 is 0 Å².